The molecule has 0 amide bonds. The van der Waals surface area contributed by atoms with E-state index in [1.54, 1.807) is 31.4 Å². The number of aromatic amines is 4. The summed E-state index contributed by atoms with van der Waals surface area (Å²) in [4.78, 5) is 102. The number of phenols is 1. The summed E-state index contributed by atoms with van der Waals surface area (Å²) in [7, 11) is 4.76. The number of ether oxygens (including phenoxy) is 6. The highest BCUT2D eigenvalue weighted by Crippen LogP contribution is 2.39. The van der Waals surface area contributed by atoms with Crippen molar-refractivity contribution < 1.29 is 33.5 Å². The Morgan fingerprint density at radius 3 is 1.24 bits per heavy atom. The summed E-state index contributed by atoms with van der Waals surface area (Å²) in [6.45, 7) is 21.2. The zero-order chi connectivity index (χ0) is 78.3. The molecule has 5 aromatic heterocycles. The van der Waals surface area contributed by atoms with Crippen LogP contribution in [0.5, 0.6) is 28.7 Å². The number of hydrogen-bond donors (Lipinski definition) is 5. The molecule has 28 heteroatoms. The number of likely N-dealkylation sites (tertiary alicyclic amines) is 4. The van der Waals surface area contributed by atoms with Gasteiger partial charge in [0.2, 0.25) is 29.5 Å². The molecule has 28 nitrogen and oxygen atoms in total. The van der Waals surface area contributed by atoms with E-state index in [2.05, 4.69) is 106 Å². The van der Waals surface area contributed by atoms with Crippen LogP contribution in [-0.2, 0) is 35.7 Å². The zero-order valence-electron chi connectivity index (χ0n) is 65.8. The number of rotatable bonds is 21. The van der Waals surface area contributed by atoms with Crippen molar-refractivity contribution in [1.29, 1.82) is 0 Å². The Morgan fingerprint density at radius 2 is 0.814 bits per heavy atom. The molecule has 0 aliphatic carbocycles. The summed E-state index contributed by atoms with van der Waals surface area (Å²) in [6, 6.07) is 30.9. The number of H-pyrrole nitrogens is 4. The van der Waals surface area contributed by atoms with Gasteiger partial charge < -0.3 is 53.1 Å². The minimum Gasteiger partial charge on any atom is -0.502 e. The number of terminal acetylenes is 1. The Kier molecular flexibility index (Phi) is 29.0. The van der Waals surface area contributed by atoms with E-state index in [0.717, 1.165) is 234 Å². The molecule has 113 heavy (non-hydrogen) atoms. The topological polar surface area (TPSA) is 297 Å². The molecule has 0 radical (unpaired) electrons. The molecule has 8 aliphatic rings. The number of pyridine rings is 1. The molecular formula is C85H111N17O11. The smallest absolute Gasteiger partial charge is 0.252 e. The predicted molar refractivity (Wildman–Crippen MR) is 437 cm³/mol. The highest BCUT2D eigenvalue weighted by atomic mass is 16.5. The van der Waals surface area contributed by atoms with Gasteiger partial charge in [0.1, 0.15) is 18.1 Å². The maximum atomic E-state index is 12.3. The molecule has 3 aromatic carbocycles. The number of morpholine rings is 2. The lowest BCUT2D eigenvalue weighted by molar-refractivity contribution is 0.122. The van der Waals surface area contributed by atoms with Gasteiger partial charge in [0.05, 0.1) is 70.5 Å². The molecule has 3 atom stereocenters. The van der Waals surface area contributed by atoms with Crippen LogP contribution in [0.25, 0.3) is 0 Å². The molecule has 8 fully saturated rings. The molecule has 8 aliphatic heterocycles. The van der Waals surface area contributed by atoms with E-state index in [1.807, 2.05) is 48.8 Å². The normalized spacial score (nSPS) is 20.0. The third-order valence-electron chi connectivity index (χ3n) is 22.5. The number of aromatic hydroxyl groups is 1. The first kappa shape index (κ1) is 80.9. The summed E-state index contributed by atoms with van der Waals surface area (Å²) >= 11 is 0. The van der Waals surface area contributed by atoms with Crippen LogP contribution < -0.4 is 60.8 Å². The number of aromatic nitrogens is 9. The molecule has 5 N–H and O–H groups in total. The van der Waals surface area contributed by atoms with Crippen LogP contribution >= 0.6 is 0 Å². The number of nitrogens with zero attached hydrogens (tertiary/aromatic N) is 13. The van der Waals surface area contributed by atoms with Crippen molar-refractivity contribution in [2.45, 2.75) is 127 Å². The van der Waals surface area contributed by atoms with Crippen molar-refractivity contribution in [2.24, 2.45) is 0 Å². The summed E-state index contributed by atoms with van der Waals surface area (Å²) in [5, 5.41) is 10.1. The van der Waals surface area contributed by atoms with Crippen LogP contribution in [0.4, 0.5) is 23.8 Å². The van der Waals surface area contributed by atoms with Crippen LogP contribution in [0.15, 0.2) is 129 Å². The maximum Gasteiger partial charge on any atom is 0.252 e. The zero-order valence-corrected chi connectivity index (χ0v) is 65.8. The Labute approximate surface area is 661 Å². The van der Waals surface area contributed by atoms with Gasteiger partial charge in [0.15, 0.2) is 11.5 Å². The van der Waals surface area contributed by atoms with E-state index < -0.39 is 0 Å². The predicted octanol–water partition coefficient (Wildman–Crippen LogP) is 8.61. The molecule has 0 spiro atoms. The van der Waals surface area contributed by atoms with Crippen LogP contribution in [0.2, 0.25) is 0 Å². The van der Waals surface area contributed by atoms with Gasteiger partial charge in [0.25, 0.3) is 22.2 Å². The Bertz CT molecular complexity index is 4600. The molecule has 602 valence electrons. The number of phenolic OH excluding ortho intramolecular Hbond substituents is 1. The van der Waals surface area contributed by atoms with E-state index in [4.69, 9.17) is 54.8 Å². The quantitative estimate of drug-likeness (QED) is 0.0421. The van der Waals surface area contributed by atoms with E-state index in [-0.39, 0.29) is 39.8 Å². The van der Waals surface area contributed by atoms with Gasteiger partial charge in [0, 0.05) is 159 Å². The summed E-state index contributed by atoms with van der Waals surface area (Å²) in [5.41, 5.74) is 8.19. The average molecular weight is 1550 g/mol. The summed E-state index contributed by atoms with van der Waals surface area (Å²) in [5.74, 6) is 8.97. The molecule has 3 unspecified atom stereocenters. The highest BCUT2D eigenvalue weighted by Gasteiger charge is 2.30. The molecule has 8 aromatic rings. The van der Waals surface area contributed by atoms with Gasteiger partial charge in [-0.2, -0.15) is 0 Å². The van der Waals surface area contributed by atoms with E-state index in [9.17, 15) is 24.3 Å². The third-order valence-corrected chi connectivity index (χ3v) is 22.5. The SMILES string of the molecule is C#CCOc1ccc(CN2CCC(c3cc(=O)[nH]c(N4CCCC4)n3)CC2)cc1.COc1cc(CN2CCCC(c3cc(=O)[nH]c(N4CCCC4)n3)C2)cc(OC)c1O.COc1cccc(CN2CCCC(c3cc(=O)[nH]c(N4CCOCC4)n3)C2)c1.O=c1cc(C2CCCN(Cc3ccncc3)C2)nc(N2CCOCC2)[nH]1. The Balaban J connectivity index is 0.000000132. The van der Waals surface area contributed by atoms with Crippen LogP contribution in [0, 0.1) is 12.3 Å². The molecule has 13 heterocycles. The first-order valence-corrected chi connectivity index (χ1v) is 40.4. The minimum atomic E-state index is -0.0768. The maximum absolute atomic E-state index is 12.3. The molecule has 16 rings (SSSR count). The fourth-order valence-corrected chi connectivity index (χ4v) is 16.6. The second-order valence-electron chi connectivity index (χ2n) is 30.5. The molecule has 0 saturated carbocycles. The lowest BCUT2D eigenvalue weighted by Crippen LogP contribution is -2.39. The number of nitrogens with one attached hydrogen (secondary N) is 4. The number of piperidine rings is 4. The van der Waals surface area contributed by atoms with Gasteiger partial charge in [-0.05, 0) is 181 Å². The van der Waals surface area contributed by atoms with Crippen LogP contribution in [-0.4, -0.2) is 229 Å². The monoisotopic (exact) mass is 1550 g/mol. The summed E-state index contributed by atoms with van der Waals surface area (Å²) < 4.78 is 32.1. The van der Waals surface area contributed by atoms with E-state index >= 15 is 0 Å². The average Bonchev–Trinajstić information content (AvgIpc) is 1.78. The second-order valence-corrected chi connectivity index (χ2v) is 30.5. The number of methoxy groups -OCH3 is 3. The van der Waals surface area contributed by atoms with Crippen molar-refractivity contribution in [2.75, 3.05) is 179 Å². The highest BCUT2D eigenvalue weighted by molar-refractivity contribution is 5.53. The second kappa shape index (κ2) is 40.5. The molecule has 0 bridgehead atoms. The van der Waals surface area contributed by atoms with Crippen LogP contribution in [0.3, 0.4) is 0 Å². The largest absolute Gasteiger partial charge is 0.502 e. The Hall–Kier alpha value is -10.2. The summed E-state index contributed by atoms with van der Waals surface area (Å²) in [6.07, 6.45) is 22.0. The molecular weight excluding hydrogens is 1440 g/mol. The van der Waals surface area contributed by atoms with Gasteiger partial charge >= 0.3 is 0 Å². The lowest BCUT2D eigenvalue weighted by atomic mass is 9.93. The number of benzene rings is 3. The van der Waals surface area contributed by atoms with Crippen molar-refractivity contribution in [3.63, 3.8) is 0 Å². The number of anilines is 4. The fourth-order valence-electron chi connectivity index (χ4n) is 16.6. The van der Waals surface area contributed by atoms with Gasteiger partial charge in [-0.15, -0.1) is 6.42 Å². The van der Waals surface area contributed by atoms with Gasteiger partial charge in [-0.1, -0.05) is 30.2 Å². The fraction of sp³-hybridized carbons (Fsp3) is 0.518. The first-order chi connectivity index (χ1) is 55.3. The van der Waals surface area contributed by atoms with Crippen molar-refractivity contribution in [3.05, 3.63) is 196 Å². The van der Waals surface area contributed by atoms with Crippen molar-refractivity contribution in [3.8, 4) is 41.1 Å². The van der Waals surface area contributed by atoms with E-state index in [0.29, 0.717) is 80.8 Å². The van der Waals surface area contributed by atoms with Crippen molar-refractivity contribution >= 4 is 23.8 Å². The first-order valence-electron chi connectivity index (χ1n) is 40.4. The van der Waals surface area contributed by atoms with Crippen LogP contribution in [0.1, 0.15) is 146 Å². The van der Waals surface area contributed by atoms with Gasteiger partial charge in [-0.25, -0.2) is 19.9 Å². The minimum absolute atomic E-state index is 0.0161. The number of hydrogen-bond acceptors (Lipinski definition) is 24. The third kappa shape index (κ3) is 23.1. The standard InChI is InChI=1S/C23H28N4O2.C22H30N4O4.C21H28N4O3.C19H25N5O2/c1-2-15-29-20-7-5-18(6-8-20)17-26-13-9-19(10-14-26)21-16-22(28)25-23(24-21)27-11-3-4-12-27;1-29-18-10-15(11-19(30-2)21(18)28)13-25-7-5-6-16(14-25)17-12-20(27)24-22(23-17)26-8-3-4-9-26;1-27-18-6-2-4-16(12-18)14-24-7-3-5-17(15-24)19-13-20(26)23-21(22-19)25-8-10-28-11-9-25;25-18-12-17(21-19(22-18)24-8-10-26-11-9-24)16-2-1-7-23(14-16)13-15-3-5-20-6-4-15/h1,5-8,16,19H,3-4,9-15,17H2,(H,24,25,28);10-12,16,28H,3-9,13-14H2,1-2H3,(H,23,24,27);2,4,6,12-13,17H,3,5,7-11,14-15H2,1H3,(H,22,23,26);3-6,12,16H,1-2,7-11,13-14H2,(H,21,22,25). The Morgan fingerprint density at radius 1 is 0.416 bits per heavy atom. The van der Waals surface area contributed by atoms with Crippen molar-refractivity contribution in [1.82, 2.24) is 64.5 Å². The van der Waals surface area contributed by atoms with Gasteiger partial charge in [-0.3, -0.25) is 63.7 Å². The van der Waals surface area contributed by atoms with E-state index in [1.165, 1.54) is 43.8 Å². The molecule has 8 saturated heterocycles. The lowest BCUT2D eigenvalue weighted by Gasteiger charge is -2.33.